The molecular formula is C26H29ClN4O2. The molecule has 2 aromatic heterocycles. The zero-order valence-corrected chi connectivity index (χ0v) is 19.9. The van der Waals surface area contributed by atoms with Crippen LogP contribution in [0.5, 0.6) is 0 Å². The highest BCUT2D eigenvalue weighted by Gasteiger charge is 2.21. The van der Waals surface area contributed by atoms with Gasteiger partial charge < -0.3 is 15.3 Å². The van der Waals surface area contributed by atoms with Crippen LogP contribution in [0.2, 0.25) is 5.02 Å². The number of benzene rings is 1. The number of anilines is 1. The Labute approximate surface area is 199 Å². The van der Waals surface area contributed by atoms with Gasteiger partial charge in [0.2, 0.25) is 0 Å². The molecule has 2 amide bonds. The van der Waals surface area contributed by atoms with E-state index in [-0.39, 0.29) is 17.6 Å². The number of likely N-dealkylation sites (tertiary alicyclic amines) is 1. The van der Waals surface area contributed by atoms with Crippen LogP contribution in [0.4, 0.5) is 10.5 Å². The quantitative estimate of drug-likeness (QED) is 0.517. The predicted molar refractivity (Wildman–Crippen MR) is 132 cm³/mol. The summed E-state index contributed by atoms with van der Waals surface area (Å²) < 4.78 is 0. The monoisotopic (exact) mass is 464 g/mol. The number of nitrogens with zero attached hydrogens (tertiary/aromatic N) is 3. The van der Waals surface area contributed by atoms with Crippen molar-refractivity contribution in [2.75, 3.05) is 18.4 Å². The van der Waals surface area contributed by atoms with Crippen molar-refractivity contribution in [3.8, 4) is 22.3 Å². The van der Waals surface area contributed by atoms with Gasteiger partial charge in [0, 0.05) is 65.2 Å². The Morgan fingerprint density at radius 1 is 1.06 bits per heavy atom. The van der Waals surface area contributed by atoms with Crippen LogP contribution < -0.4 is 5.32 Å². The van der Waals surface area contributed by atoms with Crippen LogP contribution in [0.3, 0.4) is 0 Å². The summed E-state index contributed by atoms with van der Waals surface area (Å²) in [5, 5.41) is 13.1. The lowest BCUT2D eigenvalue weighted by Gasteiger charge is -2.29. The number of halogens is 1. The van der Waals surface area contributed by atoms with Crippen molar-refractivity contribution in [3.05, 3.63) is 65.7 Å². The largest absolute Gasteiger partial charge is 0.393 e. The molecule has 3 aromatic rings. The lowest BCUT2D eigenvalue weighted by Crippen LogP contribution is -2.42. The second-order valence-electron chi connectivity index (χ2n) is 9.49. The number of nitrogens with one attached hydrogen (secondary N) is 1. The van der Waals surface area contributed by atoms with Gasteiger partial charge in [-0.2, -0.15) is 0 Å². The molecule has 2 N–H and O–H groups in total. The summed E-state index contributed by atoms with van der Waals surface area (Å²) in [7, 11) is 0. The number of aliphatic hydroxyl groups excluding tert-OH is 1. The lowest BCUT2D eigenvalue weighted by molar-refractivity contribution is 0.0972. The highest BCUT2D eigenvalue weighted by Crippen LogP contribution is 2.33. The molecule has 0 unspecified atom stereocenters. The van der Waals surface area contributed by atoms with E-state index in [9.17, 15) is 9.90 Å². The predicted octanol–water partition coefficient (Wildman–Crippen LogP) is 5.75. The van der Waals surface area contributed by atoms with E-state index >= 15 is 0 Å². The number of pyridine rings is 2. The minimum Gasteiger partial charge on any atom is -0.393 e. The molecular weight excluding hydrogens is 436 g/mol. The molecule has 4 rings (SSSR count). The maximum atomic E-state index is 12.5. The van der Waals surface area contributed by atoms with E-state index in [1.807, 2.05) is 30.6 Å². The molecule has 0 bridgehead atoms. The SMILES string of the molecule is CC(C)(C)c1cc(-c2cncc(-c3ccc(NC(=O)N4CCC(O)CC4)cc3Cl)c2)ccn1. The summed E-state index contributed by atoms with van der Waals surface area (Å²) >= 11 is 6.60. The zero-order valence-electron chi connectivity index (χ0n) is 19.2. The zero-order chi connectivity index (χ0) is 23.6. The molecule has 1 saturated heterocycles. The van der Waals surface area contributed by atoms with Crippen molar-refractivity contribution in [2.45, 2.75) is 45.1 Å². The number of rotatable bonds is 3. The van der Waals surface area contributed by atoms with Crippen molar-refractivity contribution in [2.24, 2.45) is 0 Å². The highest BCUT2D eigenvalue weighted by molar-refractivity contribution is 6.33. The van der Waals surface area contributed by atoms with Crippen LogP contribution in [0.25, 0.3) is 22.3 Å². The topological polar surface area (TPSA) is 78.4 Å². The number of urea groups is 1. The van der Waals surface area contributed by atoms with Crippen molar-refractivity contribution in [3.63, 3.8) is 0 Å². The van der Waals surface area contributed by atoms with Gasteiger partial charge in [-0.05, 0) is 48.7 Å². The highest BCUT2D eigenvalue weighted by atomic mass is 35.5. The van der Waals surface area contributed by atoms with Gasteiger partial charge in [0.1, 0.15) is 0 Å². The van der Waals surface area contributed by atoms with Crippen LogP contribution in [0, 0.1) is 0 Å². The third-order valence-corrected chi connectivity index (χ3v) is 6.20. The first kappa shape index (κ1) is 23.2. The summed E-state index contributed by atoms with van der Waals surface area (Å²) in [6.45, 7) is 7.51. The molecule has 7 heteroatoms. The normalized spacial score (nSPS) is 14.9. The molecule has 1 fully saturated rings. The smallest absolute Gasteiger partial charge is 0.321 e. The molecule has 1 aliphatic rings. The van der Waals surface area contributed by atoms with Gasteiger partial charge in [0.05, 0.1) is 11.1 Å². The summed E-state index contributed by atoms with van der Waals surface area (Å²) in [4.78, 5) is 23.2. The van der Waals surface area contributed by atoms with Crippen molar-refractivity contribution in [1.29, 1.82) is 0 Å². The Bertz CT molecular complexity index is 1150. The average Bonchev–Trinajstić information content (AvgIpc) is 2.79. The number of carbonyl (C=O) groups excluding carboxylic acids is 1. The Kier molecular flexibility index (Phi) is 6.68. The molecule has 0 aliphatic carbocycles. The molecule has 3 heterocycles. The summed E-state index contributed by atoms with van der Waals surface area (Å²) in [6, 6.07) is 11.5. The second-order valence-corrected chi connectivity index (χ2v) is 9.89. The standard InChI is InChI=1S/C26H29ClN4O2/c1-26(2,3)24-13-17(6-9-29-24)18-12-19(16-28-15-18)22-5-4-20(14-23(22)27)30-25(33)31-10-7-21(32)8-11-31/h4-6,9,12-16,21,32H,7-8,10-11H2,1-3H3,(H,30,33). The van der Waals surface area contributed by atoms with Gasteiger partial charge in [-0.15, -0.1) is 0 Å². The van der Waals surface area contributed by atoms with Gasteiger partial charge in [-0.1, -0.05) is 38.4 Å². The minimum atomic E-state index is -0.320. The fourth-order valence-electron chi connectivity index (χ4n) is 3.86. The first-order chi connectivity index (χ1) is 15.7. The summed E-state index contributed by atoms with van der Waals surface area (Å²) in [5.41, 5.74) is 5.39. The van der Waals surface area contributed by atoms with E-state index in [1.54, 1.807) is 17.2 Å². The van der Waals surface area contributed by atoms with Crippen LogP contribution in [0.15, 0.2) is 55.0 Å². The van der Waals surface area contributed by atoms with E-state index in [0.717, 1.165) is 27.9 Å². The van der Waals surface area contributed by atoms with E-state index in [1.165, 1.54) is 0 Å². The number of aliphatic hydroxyl groups is 1. The molecule has 0 atom stereocenters. The van der Waals surface area contributed by atoms with Gasteiger partial charge in [-0.25, -0.2) is 4.79 Å². The number of piperidine rings is 1. The van der Waals surface area contributed by atoms with Crippen molar-refractivity contribution < 1.29 is 9.90 Å². The van der Waals surface area contributed by atoms with Crippen LogP contribution >= 0.6 is 11.6 Å². The van der Waals surface area contributed by atoms with Crippen molar-refractivity contribution in [1.82, 2.24) is 14.9 Å². The summed E-state index contributed by atoms with van der Waals surface area (Å²) in [6.07, 6.45) is 6.34. The maximum absolute atomic E-state index is 12.5. The third kappa shape index (κ3) is 5.52. The average molecular weight is 465 g/mol. The Hall–Kier alpha value is -2.96. The van der Waals surface area contributed by atoms with Gasteiger partial charge >= 0.3 is 6.03 Å². The van der Waals surface area contributed by atoms with E-state index in [4.69, 9.17) is 11.6 Å². The fourth-order valence-corrected chi connectivity index (χ4v) is 4.15. The molecule has 172 valence electrons. The first-order valence-corrected chi connectivity index (χ1v) is 11.5. The van der Waals surface area contributed by atoms with Gasteiger partial charge in [0.15, 0.2) is 0 Å². The molecule has 0 saturated carbocycles. The molecule has 1 aromatic carbocycles. The number of aromatic nitrogens is 2. The van der Waals surface area contributed by atoms with Crippen LogP contribution in [0.1, 0.15) is 39.3 Å². The van der Waals surface area contributed by atoms with E-state index in [0.29, 0.717) is 36.6 Å². The van der Waals surface area contributed by atoms with E-state index < -0.39 is 0 Å². The Balaban J connectivity index is 1.54. The van der Waals surface area contributed by atoms with E-state index in [2.05, 4.69) is 48.2 Å². The van der Waals surface area contributed by atoms with Crippen LogP contribution in [-0.4, -0.2) is 45.2 Å². The molecule has 6 nitrogen and oxygen atoms in total. The number of carbonyl (C=O) groups is 1. The van der Waals surface area contributed by atoms with Gasteiger partial charge in [0.25, 0.3) is 0 Å². The minimum absolute atomic E-state index is 0.0430. The lowest BCUT2D eigenvalue weighted by atomic mass is 9.90. The van der Waals surface area contributed by atoms with Crippen LogP contribution in [-0.2, 0) is 5.41 Å². The maximum Gasteiger partial charge on any atom is 0.321 e. The Morgan fingerprint density at radius 2 is 1.79 bits per heavy atom. The third-order valence-electron chi connectivity index (χ3n) is 5.88. The second kappa shape index (κ2) is 9.49. The van der Waals surface area contributed by atoms with Crippen molar-refractivity contribution >= 4 is 23.3 Å². The number of amides is 2. The fraction of sp³-hybridized carbons (Fsp3) is 0.346. The summed E-state index contributed by atoms with van der Waals surface area (Å²) in [5.74, 6) is 0. The molecule has 33 heavy (non-hydrogen) atoms. The van der Waals surface area contributed by atoms with Gasteiger partial charge in [-0.3, -0.25) is 9.97 Å². The molecule has 0 spiro atoms. The number of hydrogen-bond acceptors (Lipinski definition) is 4. The first-order valence-electron chi connectivity index (χ1n) is 11.2. The molecule has 0 radical (unpaired) electrons. The number of hydrogen-bond donors (Lipinski definition) is 2. The Morgan fingerprint density at radius 3 is 2.48 bits per heavy atom. The molecule has 1 aliphatic heterocycles.